The molecule has 3 aromatic rings. The van der Waals surface area contributed by atoms with Crippen molar-refractivity contribution in [3.8, 4) is 5.69 Å². The predicted molar refractivity (Wildman–Crippen MR) is 117 cm³/mol. The molecule has 0 radical (unpaired) electrons. The molecule has 1 fully saturated rings. The second kappa shape index (κ2) is 8.85. The molecule has 0 N–H and O–H groups in total. The van der Waals surface area contributed by atoms with Crippen molar-refractivity contribution in [1.29, 1.82) is 0 Å². The summed E-state index contributed by atoms with van der Waals surface area (Å²) in [6.07, 6.45) is 2.13. The Bertz CT molecular complexity index is 1010. The van der Waals surface area contributed by atoms with E-state index in [2.05, 4.69) is 22.1 Å². The van der Waals surface area contributed by atoms with Gasteiger partial charge in [0.15, 0.2) is 5.16 Å². The standard InChI is InChI=1S/C20H22ClN5OS2/c1-13-6-8-25(9-7-13)19(27)17-11-28-18(22-17)12-29-20-24-23-14(2)26(20)16-5-3-4-15(21)10-16/h3-5,10-11,13H,6-9,12H2,1-2H3. The van der Waals surface area contributed by atoms with Crippen molar-refractivity contribution < 1.29 is 4.79 Å². The summed E-state index contributed by atoms with van der Waals surface area (Å²) >= 11 is 9.21. The molecule has 1 saturated heterocycles. The van der Waals surface area contributed by atoms with Gasteiger partial charge in [0.05, 0.1) is 11.4 Å². The van der Waals surface area contributed by atoms with Crippen LogP contribution < -0.4 is 0 Å². The minimum Gasteiger partial charge on any atom is -0.337 e. The molecule has 0 bridgehead atoms. The van der Waals surface area contributed by atoms with Gasteiger partial charge in [-0.15, -0.1) is 21.5 Å². The molecule has 2 aromatic heterocycles. The Labute approximate surface area is 183 Å². The maximum atomic E-state index is 12.7. The monoisotopic (exact) mass is 447 g/mol. The molecule has 1 aliphatic rings. The fourth-order valence-corrected chi connectivity index (χ4v) is 5.29. The lowest BCUT2D eigenvalue weighted by molar-refractivity contribution is 0.0692. The predicted octanol–water partition coefficient (Wildman–Crippen LogP) is 4.85. The van der Waals surface area contributed by atoms with E-state index >= 15 is 0 Å². The van der Waals surface area contributed by atoms with Crippen LogP contribution >= 0.6 is 34.7 Å². The summed E-state index contributed by atoms with van der Waals surface area (Å²) in [5.41, 5.74) is 1.48. The first-order valence-electron chi connectivity index (χ1n) is 9.55. The lowest BCUT2D eigenvalue weighted by Crippen LogP contribution is -2.38. The number of amides is 1. The van der Waals surface area contributed by atoms with Crippen LogP contribution in [0.15, 0.2) is 34.8 Å². The number of hydrogen-bond donors (Lipinski definition) is 0. The number of likely N-dealkylation sites (tertiary alicyclic amines) is 1. The summed E-state index contributed by atoms with van der Waals surface area (Å²) in [7, 11) is 0. The van der Waals surface area contributed by atoms with Gasteiger partial charge in [-0.1, -0.05) is 36.4 Å². The van der Waals surface area contributed by atoms with E-state index in [1.807, 2.05) is 46.0 Å². The molecule has 1 aliphatic heterocycles. The third-order valence-corrected chi connectivity index (χ3v) is 7.23. The van der Waals surface area contributed by atoms with Gasteiger partial charge in [0.25, 0.3) is 5.91 Å². The van der Waals surface area contributed by atoms with Crippen LogP contribution in [0.5, 0.6) is 0 Å². The van der Waals surface area contributed by atoms with Gasteiger partial charge < -0.3 is 4.90 Å². The van der Waals surface area contributed by atoms with Gasteiger partial charge in [-0.25, -0.2) is 4.98 Å². The highest BCUT2D eigenvalue weighted by Gasteiger charge is 2.23. The van der Waals surface area contributed by atoms with E-state index in [0.717, 1.165) is 47.6 Å². The van der Waals surface area contributed by atoms with Crippen molar-refractivity contribution in [2.45, 2.75) is 37.6 Å². The molecule has 0 aliphatic carbocycles. The number of carbonyl (C=O) groups is 1. The van der Waals surface area contributed by atoms with Crippen LogP contribution in [0.1, 0.15) is 41.1 Å². The summed E-state index contributed by atoms with van der Waals surface area (Å²) in [5.74, 6) is 2.17. The Morgan fingerprint density at radius 2 is 2.10 bits per heavy atom. The molecule has 0 unspecified atom stereocenters. The van der Waals surface area contributed by atoms with Crippen LogP contribution in [-0.2, 0) is 5.75 Å². The summed E-state index contributed by atoms with van der Waals surface area (Å²) in [5, 5.41) is 12.7. The van der Waals surface area contributed by atoms with E-state index in [1.165, 1.54) is 11.3 Å². The molecule has 6 nitrogen and oxygen atoms in total. The summed E-state index contributed by atoms with van der Waals surface area (Å²) < 4.78 is 1.98. The summed E-state index contributed by atoms with van der Waals surface area (Å²) in [4.78, 5) is 19.2. The number of thioether (sulfide) groups is 1. The number of carbonyl (C=O) groups excluding carboxylic acids is 1. The molecule has 1 amide bonds. The number of halogens is 1. The van der Waals surface area contributed by atoms with Gasteiger partial charge >= 0.3 is 0 Å². The Morgan fingerprint density at radius 1 is 1.31 bits per heavy atom. The molecule has 0 saturated carbocycles. The Balaban J connectivity index is 1.44. The highest BCUT2D eigenvalue weighted by atomic mass is 35.5. The van der Waals surface area contributed by atoms with Crippen molar-refractivity contribution in [3.05, 3.63) is 51.2 Å². The number of nitrogens with zero attached hydrogens (tertiary/aromatic N) is 5. The van der Waals surface area contributed by atoms with E-state index in [0.29, 0.717) is 22.4 Å². The number of aryl methyl sites for hydroxylation is 1. The van der Waals surface area contributed by atoms with Crippen LogP contribution in [-0.4, -0.2) is 43.6 Å². The van der Waals surface area contributed by atoms with Crippen molar-refractivity contribution in [2.24, 2.45) is 5.92 Å². The van der Waals surface area contributed by atoms with Gasteiger partial charge in [-0.3, -0.25) is 9.36 Å². The fraction of sp³-hybridized carbons (Fsp3) is 0.400. The molecular weight excluding hydrogens is 426 g/mol. The first kappa shape index (κ1) is 20.4. The lowest BCUT2D eigenvalue weighted by Gasteiger charge is -2.29. The van der Waals surface area contributed by atoms with Gasteiger partial charge in [-0.2, -0.15) is 0 Å². The zero-order chi connectivity index (χ0) is 20.4. The number of piperidine rings is 1. The van der Waals surface area contributed by atoms with E-state index in [4.69, 9.17) is 11.6 Å². The van der Waals surface area contributed by atoms with Crippen LogP contribution in [0.25, 0.3) is 5.69 Å². The topological polar surface area (TPSA) is 63.9 Å². The number of aromatic nitrogens is 4. The Morgan fingerprint density at radius 3 is 2.86 bits per heavy atom. The molecule has 9 heteroatoms. The zero-order valence-corrected chi connectivity index (χ0v) is 18.7. The van der Waals surface area contributed by atoms with Crippen LogP contribution in [0.4, 0.5) is 0 Å². The molecular formula is C20H22ClN5OS2. The van der Waals surface area contributed by atoms with E-state index in [-0.39, 0.29) is 5.91 Å². The average molecular weight is 448 g/mol. The molecule has 0 atom stereocenters. The van der Waals surface area contributed by atoms with Gasteiger partial charge in [-0.05, 0) is 43.9 Å². The molecule has 0 spiro atoms. The van der Waals surface area contributed by atoms with Gasteiger partial charge in [0, 0.05) is 23.5 Å². The normalized spacial score (nSPS) is 15.1. The van der Waals surface area contributed by atoms with Gasteiger partial charge in [0.2, 0.25) is 0 Å². The zero-order valence-electron chi connectivity index (χ0n) is 16.3. The fourth-order valence-electron chi connectivity index (χ4n) is 3.32. The minimum atomic E-state index is 0.0438. The maximum absolute atomic E-state index is 12.7. The highest BCUT2D eigenvalue weighted by molar-refractivity contribution is 7.98. The third-order valence-electron chi connectivity index (χ3n) is 5.03. The van der Waals surface area contributed by atoms with Gasteiger partial charge in [0.1, 0.15) is 16.5 Å². The third kappa shape index (κ3) is 4.65. The van der Waals surface area contributed by atoms with E-state index in [1.54, 1.807) is 11.8 Å². The molecule has 4 rings (SSSR count). The second-order valence-corrected chi connectivity index (χ2v) is 9.56. The number of thiazole rings is 1. The Hall–Kier alpha value is -1.90. The van der Waals surface area contributed by atoms with E-state index in [9.17, 15) is 4.79 Å². The van der Waals surface area contributed by atoms with E-state index < -0.39 is 0 Å². The average Bonchev–Trinajstić information content (AvgIpc) is 3.33. The van der Waals surface area contributed by atoms with Crippen molar-refractivity contribution in [1.82, 2.24) is 24.6 Å². The maximum Gasteiger partial charge on any atom is 0.273 e. The second-order valence-electron chi connectivity index (χ2n) is 7.23. The number of rotatable bonds is 5. The largest absolute Gasteiger partial charge is 0.337 e. The first-order valence-corrected chi connectivity index (χ1v) is 11.8. The Kier molecular flexibility index (Phi) is 6.22. The highest BCUT2D eigenvalue weighted by Crippen LogP contribution is 2.28. The number of benzene rings is 1. The SMILES string of the molecule is Cc1nnc(SCc2nc(C(=O)N3CCC(C)CC3)cs2)n1-c1cccc(Cl)c1. The number of hydrogen-bond acceptors (Lipinski definition) is 6. The summed E-state index contributed by atoms with van der Waals surface area (Å²) in [6, 6.07) is 7.62. The van der Waals surface area contributed by atoms with Crippen LogP contribution in [0, 0.1) is 12.8 Å². The lowest BCUT2D eigenvalue weighted by atomic mass is 9.99. The molecule has 152 valence electrons. The quantitative estimate of drug-likeness (QED) is 0.523. The summed E-state index contributed by atoms with van der Waals surface area (Å²) in [6.45, 7) is 5.80. The minimum absolute atomic E-state index is 0.0438. The molecule has 1 aromatic carbocycles. The smallest absolute Gasteiger partial charge is 0.273 e. The van der Waals surface area contributed by atoms with Crippen LogP contribution in [0.3, 0.4) is 0 Å². The molecule has 29 heavy (non-hydrogen) atoms. The van der Waals surface area contributed by atoms with Crippen molar-refractivity contribution in [3.63, 3.8) is 0 Å². The van der Waals surface area contributed by atoms with Crippen LogP contribution in [0.2, 0.25) is 5.02 Å². The first-order chi connectivity index (χ1) is 14.0. The molecule has 3 heterocycles. The van der Waals surface area contributed by atoms with Crippen molar-refractivity contribution in [2.75, 3.05) is 13.1 Å². The van der Waals surface area contributed by atoms with Crippen molar-refractivity contribution >= 4 is 40.6 Å².